The molecule has 1 aliphatic carbocycles. The lowest BCUT2D eigenvalue weighted by Gasteiger charge is -2.17. The van der Waals surface area contributed by atoms with E-state index in [1.165, 1.54) is 0 Å². The van der Waals surface area contributed by atoms with Crippen LogP contribution in [0.1, 0.15) is 36.7 Å². The fourth-order valence-electron chi connectivity index (χ4n) is 2.50. The number of hydrogen-bond acceptors (Lipinski definition) is 3. The van der Waals surface area contributed by atoms with Crippen LogP contribution in [0.2, 0.25) is 0 Å². The minimum atomic E-state index is -1.17. The molecule has 0 saturated heterocycles. The Hall–Kier alpha value is -1.85. The highest BCUT2D eigenvalue weighted by Gasteiger charge is 2.57. The monoisotopic (exact) mass is 279 g/mol. The third-order valence-electron chi connectivity index (χ3n) is 4.14. The molecule has 1 amide bonds. The molecular weight excluding hydrogens is 258 g/mol. The summed E-state index contributed by atoms with van der Waals surface area (Å²) in [6.07, 6.45) is 1.53. The van der Waals surface area contributed by atoms with Crippen molar-refractivity contribution in [2.24, 2.45) is 12.5 Å². The number of aliphatic carboxylic acids is 1. The third kappa shape index (κ3) is 2.42. The zero-order valence-corrected chi connectivity index (χ0v) is 12.4. The number of amides is 1. The second-order valence-corrected chi connectivity index (χ2v) is 5.74. The van der Waals surface area contributed by atoms with E-state index in [0.717, 1.165) is 17.0 Å². The van der Waals surface area contributed by atoms with Gasteiger partial charge in [-0.25, -0.2) is 0 Å². The van der Waals surface area contributed by atoms with Crippen LogP contribution in [0.3, 0.4) is 0 Å². The van der Waals surface area contributed by atoms with Crippen molar-refractivity contribution in [3.05, 3.63) is 17.0 Å². The highest BCUT2D eigenvalue weighted by molar-refractivity contribution is 6.04. The summed E-state index contributed by atoms with van der Waals surface area (Å²) in [6.45, 7) is 5.82. The Morgan fingerprint density at radius 3 is 2.45 bits per heavy atom. The van der Waals surface area contributed by atoms with Crippen LogP contribution in [-0.2, 0) is 23.1 Å². The van der Waals surface area contributed by atoms with Crippen LogP contribution in [0.5, 0.6) is 0 Å². The molecule has 0 radical (unpaired) electrons. The first-order valence-electron chi connectivity index (χ1n) is 6.81. The van der Waals surface area contributed by atoms with Crippen molar-refractivity contribution in [1.82, 2.24) is 15.1 Å². The van der Waals surface area contributed by atoms with Gasteiger partial charge in [0.05, 0.1) is 5.69 Å². The summed E-state index contributed by atoms with van der Waals surface area (Å²) >= 11 is 0. The number of carbonyl (C=O) groups is 2. The molecule has 1 heterocycles. The molecule has 2 N–H and O–H groups in total. The van der Waals surface area contributed by atoms with E-state index in [1.54, 1.807) is 0 Å². The quantitative estimate of drug-likeness (QED) is 0.786. The Kier molecular flexibility index (Phi) is 3.58. The van der Waals surface area contributed by atoms with Crippen LogP contribution in [0, 0.1) is 19.3 Å². The molecule has 1 saturated carbocycles. The van der Waals surface area contributed by atoms with E-state index in [2.05, 4.69) is 10.4 Å². The van der Waals surface area contributed by atoms with Crippen molar-refractivity contribution < 1.29 is 14.7 Å². The Morgan fingerprint density at radius 2 is 2.05 bits per heavy atom. The molecule has 110 valence electrons. The second kappa shape index (κ2) is 4.92. The van der Waals surface area contributed by atoms with Crippen molar-refractivity contribution in [2.75, 3.05) is 0 Å². The molecule has 0 aliphatic heterocycles. The number of carboxylic acids is 1. The molecule has 0 bridgehead atoms. The van der Waals surface area contributed by atoms with E-state index in [0.29, 0.717) is 19.3 Å². The van der Waals surface area contributed by atoms with E-state index in [-0.39, 0.29) is 11.9 Å². The van der Waals surface area contributed by atoms with Gasteiger partial charge in [-0.1, -0.05) is 0 Å². The average Bonchev–Trinajstić information content (AvgIpc) is 3.12. The second-order valence-electron chi connectivity index (χ2n) is 5.74. The van der Waals surface area contributed by atoms with Gasteiger partial charge in [0.1, 0.15) is 5.41 Å². The van der Waals surface area contributed by atoms with E-state index in [1.807, 2.05) is 32.5 Å². The van der Waals surface area contributed by atoms with Crippen LogP contribution in [0.25, 0.3) is 0 Å². The maximum absolute atomic E-state index is 12.0. The molecule has 1 aromatic rings. The van der Waals surface area contributed by atoms with E-state index < -0.39 is 11.4 Å². The number of rotatable bonds is 5. The highest BCUT2D eigenvalue weighted by Crippen LogP contribution is 2.46. The van der Waals surface area contributed by atoms with Crippen LogP contribution in [-0.4, -0.2) is 32.8 Å². The highest BCUT2D eigenvalue weighted by atomic mass is 16.4. The van der Waals surface area contributed by atoms with Crippen molar-refractivity contribution in [3.63, 3.8) is 0 Å². The van der Waals surface area contributed by atoms with Crippen molar-refractivity contribution in [3.8, 4) is 0 Å². The Morgan fingerprint density at radius 1 is 1.45 bits per heavy atom. The molecular formula is C14H21N3O3. The molecule has 6 nitrogen and oxygen atoms in total. The van der Waals surface area contributed by atoms with Crippen LogP contribution in [0.4, 0.5) is 0 Å². The fourth-order valence-corrected chi connectivity index (χ4v) is 2.50. The van der Waals surface area contributed by atoms with Crippen LogP contribution < -0.4 is 5.32 Å². The minimum Gasteiger partial charge on any atom is -0.480 e. The lowest BCUT2D eigenvalue weighted by molar-refractivity contribution is -0.149. The van der Waals surface area contributed by atoms with Crippen LogP contribution in [0.15, 0.2) is 0 Å². The summed E-state index contributed by atoms with van der Waals surface area (Å²) in [5.41, 5.74) is 1.96. The first-order valence-corrected chi connectivity index (χ1v) is 6.81. The molecule has 1 fully saturated rings. The lowest BCUT2D eigenvalue weighted by atomic mass is 10.0. The van der Waals surface area contributed by atoms with E-state index in [4.69, 9.17) is 5.11 Å². The van der Waals surface area contributed by atoms with Gasteiger partial charge in [-0.3, -0.25) is 14.3 Å². The van der Waals surface area contributed by atoms with E-state index >= 15 is 0 Å². The summed E-state index contributed by atoms with van der Waals surface area (Å²) < 4.78 is 1.82. The standard InChI is InChI=1S/C14H21N3O3/c1-8(7-11-9(2)16-17(4)10(11)3)15-12(18)14(5-6-14)13(19)20/h8H,5-7H2,1-4H3,(H,15,18)(H,19,20)/t8-/m0/s1. The molecule has 2 rings (SSSR count). The van der Waals surface area contributed by atoms with Crippen LogP contribution >= 0.6 is 0 Å². The summed E-state index contributed by atoms with van der Waals surface area (Å²) in [7, 11) is 1.89. The Balaban J connectivity index is 2.01. The van der Waals surface area contributed by atoms with Gasteiger partial charge in [-0.2, -0.15) is 5.10 Å². The molecule has 20 heavy (non-hydrogen) atoms. The topological polar surface area (TPSA) is 84.2 Å². The molecule has 1 atom stereocenters. The average molecular weight is 279 g/mol. The number of hydrogen-bond donors (Lipinski definition) is 2. The zero-order chi connectivity index (χ0) is 15.1. The third-order valence-corrected chi connectivity index (χ3v) is 4.14. The van der Waals surface area contributed by atoms with Gasteiger partial charge in [-0.15, -0.1) is 0 Å². The number of aromatic nitrogens is 2. The smallest absolute Gasteiger partial charge is 0.319 e. The Bertz CT molecular complexity index is 558. The molecule has 1 aromatic heterocycles. The summed E-state index contributed by atoms with van der Waals surface area (Å²) in [6, 6.07) is -0.110. The van der Waals surface area contributed by atoms with Gasteiger partial charge in [0.15, 0.2) is 0 Å². The number of aryl methyl sites for hydroxylation is 2. The van der Waals surface area contributed by atoms with Gasteiger partial charge >= 0.3 is 5.97 Å². The normalized spacial score (nSPS) is 17.6. The van der Waals surface area contributed by atoms with Crippen molar-refractivity contribution in [2.45, 2.75) is 46.1 Å². The SMILES string of the molecule is Cc1nn(C)c(C)c1C[C@H](C)NC(=O)C1(C(=O)O)CC1. The fraction of sp³-hybridized carbons (Fsp3) is 0.643. The summed E-state index contributed by atoms with van der Waals surface area (Å²) in [5.74, 6) is -1.38. The largest absolute Gasteiger partial charge is 0.480 e. The molecule has 0 spiro atoms. The molecule has 1 aliphatic rings. The molecule has 0 aromatic carbocycles. The molecule has 6 heteroatoms. The molecule has 0 unspecified atom stereocenters. The zero-order valence-electron chi connectivity index (χ0n) is 12.4. The van der Waals surface area contributed by atoms with E-state index in [9.17, 15) is 9.59 Å². The predicted molar refractivity (Wildman–Crippen MR) is 73.3 cm³/mol. The van der Waals surface area contributed by atoms with Gasteiger partial charge in [0.2, 0.25) is 5.91 Å². The Labute approximate surface area is 118 Å². The van der Waals surface area contributed by atoms with Crippen molar-refractivity contribution in [1.29, 1.82) is 0 Å². The number of carboxylic acid groups (broad SMARTS) is 1. The van der Waals surface area contributed by atoms with Gasteiger partial charge in [-0.05, 0) is 45.6 Å². The first-order chi connectivity index (χ1) is 9.28. The number of nitrogens with one attached hydrogen (secondary N) is 1. The number of carbonyl (C=O) groups excluding carboxylic acids is 1. The summed E-state index contributed by atoms with van der Waals surface area (Å²) in [4.78, 5) is 23.1. The summed E-state index contributed by atoms with van der Waals surface area (Å²) in [5, 5.41) is 16.3. The maximum atomic E-state index is 12.0. The lowest BCUT2D eigenvalue weighted by Crippen LogP contribution is -2.42. The number of nitrogens with zero attached hydrogens (tertiary/aromatic N) is 2. The predicted octanol–water partition coefficient (Wildman–Crippen LogP) is 0.949. The van der Waals surface area contributed by atoms with Gasteiger partial charge in [0, 0.05) is 18.8 Å². The van der Waals surface area contributed by atoms with Crippen molar-refractivity contribution >= 4 is 11.9 Å². The first kappa shape index (κ1) is 14.6. The maximum Gasteiger partial charge on any atom is 0.319 e. The van der Waals surface area contributed by atoms with Gasteiger partial charge < -0.3 is 10.4 Å². The minimum absolute atomic E-state index is 0.110. The van der Waals surface area contributed by atoms with Gasteiger partial charge in [0.25, 0.3) is 0 Å².